The van der Waals surface area contributed by atoms with Crippen molar-refractivity contribution in [1.29, 1.82) is 0 Å². The molecule has 2 aromatic heterocycles. The van der Waals surface area contributed by atoms with Crippen LogP contribution in [0.25, 0.3) is 38.8 Å². The van der Waals surface area contributed by atoms with E-state index in [2.05, 4.69) is 105 Å². The van der Waals surface area contributed by atoms with Crippen molar-refractivity contribution in [1.82, 2.24) is 9.55 Å². The third-order valence-corrected chi connectivity index (χ3v) is 10.4. The summed E-state index contributed by atoms with van der Waals surface area (Å²) in [6, 6.07) is 47.6. The van der Waals surface area contributed by atoms with E-state index in [1.807, 2.05) is 65.6 Å². The van der Waals surface area contributed by atoms with E-state index in [0.717, 1.165) is 50.0 Å². The summed E-state index contributed by atoms with van der Waals surface area (Å²) in [4.78, 5) is 8.17. The Morgan fingerprint density at radius 1 is 0.684 bits per heavy atom. The number of pyridine rings is 1. The van der Waals surface area contributed by atoms with Gasteiger partial charge in [0.15, 0.2) is 0 Å². The van der Waals surface area contributed by atoms with Crippen molar-refractivity contribution in [3.63, 3.8) is 0 Å². The van der Waals surface area contributed by atoms with Crippen LogP contribution >= 0.6 is 0 Å². The fourth-order valence-corrected chi connectivity index (χ4v) is 7.43. The number of aromatic nitrogens is 2. The third kappa shape index (κ3) is 6.99. The maximum absolute atomic E-state index is 15.5. The van der Waals surface area contributed by atoms with Gasteiger partial charge in [0.1, 0.15) is 17.5 Å². The van der Waals surface area contributed by atoms with Crippen molar-refractivity contribution >= 4 is 44.6 Å². The largest absolute Gasteiger partial charge is 0.509 e. The van der Waals surface area contributed by atoms with Crippen molar-refractivity contribution in [2.24, 2.45) is 0 Å². The molecule has 3 heterocycles. The quantitative estimate of drug-likeness (QED) is 0.149. The van der Waals surface area contributed by atoms with Gasteiger partial charge in [0, 0.05) is 55.7 Å². The summed E-state index contributed by atoms with van der Waals surface area (Å²) in [5.41, 5.74) is 7.71. The van der Waals surface area contributed by atoms with E-state index in [-0.39, 0.29) is 32.2 Å². The molecule has 0 aliphatic carbocycles. The summed E-state index contributed by atoms with van der Waals surface area (Å²) in [6.45, 7) is 12.4. The van der Waals surface area contributed by atoms with Gasteiger partial charge in [0.2, 0.25) is 0 Å². The number of hydrogen-bond acceptors (Lipinski definition) is 4. The molecule has 0 radical (unpaired) electrons. The number of para-hydroxylation sites is 2. The molecule has 1 aliphatic heterocycles. The first-order valence-electron chi connectivity index (χ1n) is 18.8. The van der Waals surface area contributed by atoms with Gasteiger partial charge in [-0.2, -0.15) is 6.07 Å². The van der Waals surface area contributed by atoms with Crippen LogP contribution in [0, 0.1) is 30.4 Å². The van der Waals surface area contributed by atoms with Crippen LogP contribution in [0.3, 0.4) is 0 Å². The molecule has 0 spiro atoms. The SMILES string of the molecule is CC(C)c1ccc(-c2cc(Oc3[c-]c4c(cc3)c3ccccc3n4-c3ccccn3)[c-]c(N3[CH-]N(c4c(F)cccc4F)c4cc(C(C)(C)C)ccc43)c2)cc1.[Pt]. The molecule has 8 heteroatoms. The van der Waals surface area contributed by atoms with Gasteiger partial charge in [-0.3, -0.25) is 0 Å². The fraction of sp³-hybridized carbons (Fsp3) is 0.143. The maximum Gasteiger partial charge on any atom is 0.147 e. The van der Waals surface area contributed by atoms with E-state index in [0.29, 0.717) is 28.8 Å². The number of halogens is 2. The van der Waals surface area contributed by atoms with Gasteiger partial charge in [0.25, 0.3) is 0 Å². The van der Waals surface area contributed by atoms with Crippen LogP contribution in [0.1, 0.15) is 51.7 Å². The molecule has 0 N–H and O–H groups in total. The number of anilines is 4. The van der Waals surface area contributed by atoms with E-state index in [9.17, 15) is 0 Å². The van der Waals surface area contributed by atoms with E-state index in [1.54, 1.807) is 17.8 Å². The Bertz CT molecular complexity index is 2740. The Labute approximate surface area is 346 Å². The molecule has 0 saturated carbocycles. The number of rotatable bonds is 7. The molecule has 6 aromatic carbocycles. The van der Waals surface area contributed by atoms with E-state index >= 15 is 8.78 Å². The summed E-state index contributed by atoms with van der Waals surface area (Å²) in [5, 5.41) is 2.12. The first kappa shape index (κ1) is 38.1. The molecule has 0 saturated heterocycles. The van der Waals surface area contributed by atoms with Gasteiger partial charge in [0.05, 0.1) is 5.69 Å². The van der Waals surface area contributed by atoms with Crippen molar-refractivity contribution in [2.45, 2.75) is 46.0 Å². The molecule has 0 bridgehead atoms. The molecular weight excluding hydrogens is 894 g/mol. The van der Waals surface area contributed by atoms with Gasteiger partial charge in [-0.05, 0) is 75.9 Å². The van der Waals surface area contributed by atoms with E-state index in [1.165, 1.54) is 23.8 Å². The van der Waals surface area contributed by atoms with Crippen LogP contribution in [0.5, 0.6) is 11.5 Å². The van der Waals surface area contributed by atoms with Gasteiger partial charge in [-0.25, -0.2) is 13.8 Å². The average molecular weight is 933 g/mol. The van der Waals surface area contributed by atoms with Crippen LogP contribution in [0.2, 0.25) is 0 Å². The van der Waals surface area contributed by atoms with Gasteiger partial charge in [-0.1, -0.05) is 101 Å². The third-order valence-electron chi connectivity index (χ3n) is 10.4. The van der Waals surface area contributed by atoms with Gasteiger partial charge in [-0.15, -0.1) is 53.6 Å². The van der Waals surface area contributed by atoms with Crippen LogP contribution in [0.4, 0.5) is 31.5 Å². The molecule has 0 atom stereocenters. The minimum atomic E-state index is -0.656. The second-order valence-electron chi connectivity index (χ2n) is 15.5. The van der Waals surface area contributed by atoms with Crippen LogP contribution in [0.15, 0.2) is 134 Å². The Hall–Kier alpha value is -5.78. The predicted molar refractivity (Wildman–Crippen MR) is 222 cm³/mol. The first-order chi connectivity index (χ1) is 27.0. The summed E-state index contributed by atoms with van der Waals surface area (Å²) in [5.74, 6) is 0.808. The Morgan fingerprint density at radius 2 is 1.44 bits per heavy atom. The number of benzene rings is 6. The zero-order valence-corrected chi connectivity index (χ0v) is 34.4. The number of fused-ring (bicyclic) bond motifs is 4. The van der Waals surface area contributed by atoms with E-state index < -0.39 is 11.6 Å². The van der Waals surface area contributed by atoms with Crippen molar-refractivity contribution in [2.75, 3.05) is 9.80 Å². The summed E-state index contributed by atoms with van der Waals surface area (Å²) < 4.78 is 39.8. The van der Waals surface area contributed by atoms with Crippen molar-refractivity contribution < 1.29 is 34.6 Å². The zero-order valence-electron chi connectivity index (χ0n) is 32.1. The summed E-state index contributed by atoms with van der Waals surface area (Å²) in [7, 11) is 0. The van der Waals surface area contributed by atoms with Crippen LogP contribution in [-0.4, -0.2) is 9.55 Å². The second kappa shape index (κ2) is 14.9. The van der Waals surface area contributed by atoms with E-state index in [4.69, 9.17) is 4.74 Å². The summed E-state index contributed by atoms with van der Waals surface area (Å²) in [6.07, 6.45) is 1.78. The molecule has 288 valence electrons. The second-order valence-corrected chi connectivity index (χ2v) is 15.5. The fourth-order valence-electron chi connectivity index (χ4n) is 7.43. The molecule has 1 aliphatic rings. The van der Waals surface area contributed by atoms with Crippen LogP contribution in [-0.2, 0) is 26.5 Å². The molecule has 5 nitrogen and oxygen atoms in total. The monoisotopic (exact) mass is 932 g/mol. The Kier molecular flexibility index (Phi) is 9.99. The topological polar surface area (TPSA) is 33.5 Å². The molecule has 57 heavy (non-hydrogen) atoms. The maximum atomic E-state index is 15.5. The smallest absolute Gasteiger partial charge is 0.147 e. The Balaban J connectivity index is 0.00000455. The standard InChI is InChI=1S/C49H39F2N4O.Pt/c1-31(2)32-16-18-33(19-17-32)34-25-36(53-30-54(48-41(50)12-10-13-42(48)51)46-27-35(49(3,4)5)20-23-44(46)53)28-38(26-34)56-37-21-22-40-39-11-6-7-14-43(39)55(45(40)29-37)47-15-8-9-24-52-47;/h6-27,30-31H,1-5H3;/q-3;. The minimum Gasteiger partial charge on any atom is -0.509 e. The number of ether oxygens (including phenoxy) is 1. The molecular formula is C49H39F2N4OPt-3. The van der Waals surface area contributed by atoms with Gasteiger partial charge < -0.3 is 19.1 Å². The Morgan fingerprint density at radius 3 is 2.16 bits per heavy atom. The number of hydrogen-bond donors (Lipinski definition) is 0. The minimum absolute atomic E-state index is 0. The van der Waals surface area contributed by atoms with Crippen molar-refractivity contribution in [3.8, 4) is 28.4 Å². The normalized spacial score (nSPS) is 12.7. The first-order valence-corrected chi connectivity index (χ1v) is 18.8. The number of nitrogens with zero attached hydrogens (tertiary/aromatic N) is 4. The molecule has 0 unspecified atom stereocenters. The molecule has 9 rings (SSSR count). The average Bonchev–Trinajstić information content (AvgIpc) is 3.73. The molecule has 0 amide bonds. The molecule has 8 aromatic rings. The zero-order chi connectivity index (χ0) is 38.7. The van der Waals surface area contributed by atoms with Crippen molar-refractivity contribution in [3.05, 3.63) is 175 Å². The van der Waals surface area contributed by atoms with Gasteiger partial charge >= 0.3 is 0 Å². The molecule has 0 fully saturated rings. The van der Waals surface area contributed by atoms with Crippen LogP contribution < -0.4 is 14.5 Å². The predicted octanol–water partition coefficient (Wildman–Crippen LogP) is 13.3. The summed E-state index contributed by atoms with van der Waals surface area (Å²) >= 11 is 0.